The summed E-state index contributed by atoms with van der Waals surface area (Å²) in [5.74, 6) is -1.18. The summed E-state index contributed by atoms with van der Waals surface area (Å²) in [6, 6.07) is 7.41. The topological polar surface area (TPSA) is 53.6 Å². The molecule has 0 aliphatic rings. The highest BCUT2D eigenvalue weighted by Crippen LogP contribution is 2.34. The van der Waals surface area contributed by atoms with Crippen LogP contribution in [0.1, 0.15) is 0 Å². The van der Waals surface area contributed by atoms with Crippen LogP contribution in [-0.4, -0.2) is 10.2 Å². The van der Waals surface area contributed by atoms with Crippen LogP contribution in [0.15, 0.2) is 34.7 Å². The normalized spacial score (nSPS) is 11.3. The quantitative estimate of drug-likeness (QED) is 0.609. The first-order valence-corrected chi connectivity index (χ1v) is 4.69. The molecule has 80 valence electrons. The number of benzene rings is 2. The molecule has 0 atom stereocenters. The van der Waals surface area contributed by atoms with E-state index in [-0.39, 0.29) is 11.3 Å². The van der Waals surface area contributed by atoms with Gasteiger partial charge in [-0.15, -0.1) is 0 Å². The molecule has 0 saturated heterocycles. The Morgan fingerprint density at radius 3 is 2.56 bits per heavy atom. The van der Waals surface area contributed by atoms with Crippen molar-refractivity contribution in [2.75, 3.05) is 0 Å². The summed E-state index contributed by atoms with van der Waals surface area (Å²) in [4.78, 5) is 0. The van der Waals surface area contributed by atoms with Crippen molar-refractivity contribution in [2.24, 2.45) is 0 Å². The number of halogens is 1. The average molecular weight is 218 g/mol. The van der Waals surface area contributed by atoms with Crippen LogP contribution in [0.5, 0.6) is 11.5 Å². The largest absolute Gasteiger partial charge is 0.508 e. The third kappa shape index (κ3) is 1.07. The zero-order chi connectivity index (χ0) is 11.3. The Balaban J connectivity index is 2.55. The Morgan fingerprint density at radius 1 is 1.00 bits per heavy atom. The molecule has 4 heteroatoms. The smallest absolute Gasteiger partial charge is 0.207 e. The molecule has 0 unspecified atom stereocenters. The van der Waals surface area contributed by atoms with Crippen molar-refractivity contribution in [1.82, 2.24) is 0 Å². The summed E-state index contributed by atoms with van der Waals surface area (Å²) in [6.45, 7) is 0. The van der Waals surface area contributed by atoms with Crippen molar-refractivity contribution in [2.45, 2.75) is 0 Å². The Bertz CT molecular complexity index is 700. The van der Waals surface area contributed by atoms with Crippen molar-refractivity contribution in [3.05, 3.63) is 36.1 Å². The van der Waals surface area contributed by atoms with Gasteiger partial charge in [-0.05, 0) is 24.3 Å². The minimum Gasteiger partial charge on any atom is -0.508 e. The van der Waals surface area contributed by atoms with E-state index in [1.807, 2.05) is 0 Å². The maximum Gasteiger partial charge on any atom is 0.207 e. The second kappa shape index (κ2) is 2.88. The molecule has 3 aromatic rings. The van der Waals surface area contributed by atoms with Crippen LogP contribution in [0.25, 0.3) is 21.9 Å². The Hall–Kier alpha value is -2.23. The highest BCUT2D eigenvalue weighted by molar-refractivity contribution is 6.05. The van der Waals surface area contributed by atoms with Crippen molar-refractivity contribution < 1.29 is 19.0 Å². The third-order valence-electron chi connectivity index (χ3n) is 2.54. The first-order valence-electron chi connectivity index (χ1n) is 4.69. The summed E-state index contributed by atoms with van der Waals surface area (Å²) in [5, 5.41) is 19.8. The van der Waals surface area contributed by atoms with Gasteiger partial charge in [0.2, 0.25) is 5.82 Å². The fraction of sp³-hybridized carbons (Fsp3) is 0. The SMILES string of the molecule is Oc1ccc2c(c1)oc1c(F)c(O)ccc12. The molecule has 0 aliphatic heterocycles. The molecule has 0 fully saturated rings. The highest BCUT2D eigenvalue weighted by atomic mass is 19.1. The first kappa shape index (κ1) is 9.03. The number of aromatic hydroxyl groups is 2. The Kier molecular flexibility index (Phi) is 1.63. The van der Waals surface area contributed by atoms with E-state index in [1.54, 1.807) is 12.1 Å². The second-order valence-corrected chi connectivity index (χ2v) is 3.56. The van der Waals surface area contributed by atoms with Gasteiger partial charge in [0.25, 0.3) is 0 Å². The summed E-state index contributed by atoms with van der Waals surface area (Å²) >= 11 is 0. The van der Waals surface area contributed by atoms with Gasteiger partial charge >= 0.3 is 0 Å². The van der Waals surface area contributed by atoms with E-state index >= 15 is 0 Å². The van der Waals surface area contributed by atoms with Crippen LogP contribution in [-0.2, 0) is 0 Å². The molecule has 1 heterocycles. The minimum absolute atomic E-state index is 0.000556. The summed E-state index contributed by atoms with van der Waals surface area (Å²) < 4.78 is 18.8. The van der Waals surface area contributed by atoms with Crippen molar-refractivity contribution in [3.63, 3.8) is 0 Å². The van der Waals surface area contributed by atoms with Gasteiger partial charge in [0.1, 0.15) is 11.3 Å². The number of phenolic OH excluding ortho intramolecular Hbond substituents is 2. The fourth-order valence-electron chi connectivity index (χ4n) is 1.79. The van der Waals surface area contributed by atoms with Gasteiger partial charge < -0.3 is 14.6 Å². The predicted octanol–water partition coefficient (Wildman–Crippen LogP) is 3.14. The first-order chi connectivity index (χ1) is 7.66. The van der Waals surface area contributed by atoms with Gasteiger partial charge in [0, 0.05) is 16.8 Å². The molecule has 1 aromatic heterocycles. The standard InChI is InChI=1S/C12H7FO3/c13-11-9(15)4-3-8-7-2-1-6(14)5-10(7)16-12(8)11/h1-5,14-15H. The molecule has 0 amide bonds. The van der Waals surface area contributed by atoms with Gasteiger partial charge in [-0.2, -0.15) is 4.39 Å². The molecule has 0 bridgehead atoms. The Morgan fingerprint density at radius 2 is 1.75 bits per heavy atom. The van der Waals surface area contributed by atoms with Gasteiger partial charge in [-0.1, -0.05) is 0 Å². The van der Waals surface area contributed by atoms with Crippen LogP contribution in [0.2, 0.25) is 0 Å². The number of hydrogen-bond acceptors (Lipinski definition) is 3. The number of furan rings is 1. The van der Waals surface area contributed by atoms with E-state index < -0.39 is 11.6 Å². The van der Waals surface area contributed by atoms with E-state index in [2.05, 4.69) is 0 Å². The molecule has 0 spiro atoms. The molecule has 0 saturated carbocycles. The third-order valence-corrected chi connectivity index (χ3v) is 2.54. The van der Waals surface area contributed by atoms with Crippen LogP contribution in [0.3, 0.4) is 0 Å². The van der Waals surface area contributed by atoms with Crippen molar-refractivity contribution in [1.29, 1.82) is 0 Å². The van der Waals surface area contributed by atoms with Crippen molar-refractivity contribution in [3.8, 4) is 11.5 Å². The van der Waals surface area contributed by atoms with E-state index in [4.69, 9.17) is 4.42 Å². The summed E-state index contributed by atoms with van der Waals surface area (Å²) in [5.41, 5.74) is 0.389. The average Bonchev–Trinajstić information content (AvgIpc) is 2.62. The molecular weight excluding hydrogens is 211 g/mol. The number of rotatable bonds is 0. The van der Waals surface area contributed by atoms with Gasteiger partial charge in [0.05, 0.1) is 0 Å². The van der Waals surface area contributed by atoms with Gasteiger partial charge in [-0.3, -0.25) is 0 Å². The molecule has 0 aliphatic carbocycles. The van der Waals surface area contributed by atoms with Crippen molar-refractivity contribution >= 4 is 21.9 Å². The van der Waals surface area contributed by atoms with E-state index in [9.17, 15) is 14.6 Å². The predicted molar refractivity (Wildman–Crippen MR) is 57.0 cm³/mol. The lowest BCUT2D eigenvalue weighted by Gasteiger charge is -1.94. The number of hydrogen-bond donors (Lipinski definition) is 2. The molecule has 3 nitrogen and oxygen atoms in total. The Labute approximate surface area is 89.3 Å². The molecule has 0 radical (unpaired) electrons. The lowest BCUT2D eigenvalue weighted by Crippen LogP contribution is -1.75. The highest BCUT2D eigenvalue weighted by Gasteiger charge is 2.14. The number of fused-ring (bicyclic) bond motifs is 3. The molecule has 2 N–H and O–H groups in total. The van der Waals surface area contributed by atoms with E-state index in [0.717, 1.165) is 0 Å². The lowest BCUT2D eigenvalue weighted by atomic mass is 10.1. The van der Waals surface area contributed by atoms with Gasteiger partial charge in [-0.25, -0.2) is 0 Å². The van der Waals surface area contributed by atoms with E-state index in [0.29, 0.717) is 16.4 Å². The monoisotopic (exact) mass is 218 g/mol. The zero-order valence-corrected chi connectivity index (χ0v) is 8.07. The second-order valence-electron chi connectivity index (χ2n) is 3.56. The van der Waals surface area contributed by atoms with E-state index in [1.165, 1.54) is 18.2 Å². The summed E-state index contributed by atoms with van der Waals surface area (Å²) in [7, 11) is 0. The zero-order valence-electron chi connectivity index (χ0n) is 8.07. The molecule has 16 heavy (non-hydrogen) atoms. The van der Waals surface area contributed by atoms with Crippen LogP contribution >= 0.6 is 0 Å². The van der Waals surface area contributed by atoms with Crippen LogP contribution in [0, 0.1) is 5.82 Å². The molecule has 2 aromatic carbocycles. The van der Waals surface area contributed by atoms with Crippen LogP contribution < -0.4 is 0 Å². The lowest BCUT2D eigenvalue weighted by molar-refractivity contribution is 0.430. The summed E-state index contributed by atoms with van der Waals surface area (Å²) in [6.07, 6.45) is 0. The number of phenols is 2. The molecule has 3 rings (SSSR count). The molecular formula is C12H7FO3. The maximum absolute atomic E-state index is 13.5. The minimum atomic E-state index is -0.784. The van der Waals surface area contributed by atoms with Gasteiger partial charge in [0.15, 0.2) is 11.3 Å². The maximum atomic E-state index is 13.5. The van der Waals surface area contributed by atoms with Crippen LogP contribution in [0.4, 0.5) is 4.39 Å². The fourth-order valence-corrected chi connectivity index (χ4v) is 1.79.